The van der Waals surface area contributed by atoms with Crippen molar-refractivity contribution in [1.29, 1.82) is 0 Å². The van der Waals surface area contributed by atoms with Gasteiger partial charge in [0, 0.05) is 6.54 Å². The molecule has 0 fully saturated rings. The topological polar surface area (TPSA) is 110 Å². The van der Waals surface area contributed by atoms with Gasteiger partial charge >= 0.3 is 5.97 Å². The van der Waals surface area contributed by atoms with Gasteiger partial charge in [0.1, 0.15) is 9.88 Å². The predicted octanol–water partition coefficient (Wildman–Crippen LogP) is 2.46. The minimum Gasteiger partial charge on any atom is -0.462 e. The monoisotopic (exact) mass is 432 g/mol. The highest BCUT2D eigenvalue weighted by Gasteiger charge is 2.28. The van der Waals surface area contributed by atoms with Gasteiger partial charge in [-0.1, -0.05) is 0 Å². The lowest BCUT2D eigenvalue weighted by atomic mass is 10.3. The highest BCUT2D eigenvalue weighted by Crippen LogP contribution is 2.24. The van der Waals surface area contributed by atoms with Crippen molar-refractivity contribution in [2.75, 3.05) is 25.4 Å². The molecule has 0 bridgehead atoms. The Bertz CT molecular complexity index is 795. The maximum atomic E-state index is 12.2. The number of guanidine groups is 1. The second-order valence-electron chi connectivity index (χ2n) is 7.25. The quantitative estimate of drug-likeness (QED) is 0.369. The van der Waals surface area contributed by atoms with Gasteiger partial charge in [0.15, 0.2) is 15.8 Å². The SMILES string of the molecule is CCNC(=NCCS(=O)(=O)C(C)(C)C)NC(C)c1nc(C)c(C(=O)OCC)s1. The van der Waals surface area contributed by atoms with Crippen molar-refractivity contribution in [2.24, 2.45) is 4.99 Å². The molecule has 0 saturated heterocycles. The normalized spacial score (nSPS) is 13.9. The summed E-state index contributed by atoms with van der Waals surface area (Å²) in [6.07, 6.45) is 0. The van der Waals surface area contributed by atoms with Crippen LogP contribution in [0.2, 0.25) is 0 Å². The summed E-state index contributed by atoms with van der Waals surface area (Å²) >= 11 is 1.28. The predicted molar refractivity (Wildman–Crippen MR) is 114 cm³/mol. The largest absolute Gasteiger partial charge is 0.462 e. The second kappa shape index (κ2) is 10.2. The first kappa shape index (κ1) is 24.4. The molecule has 1 unspecified atom stereocenters. The van der Waals surface area contributed by atoms with Crippen LogP contribution in [0.15, 0.2) is 4.99 Å². The van der Waals surface area contributed by atoms with Crippen molar-refractivity contribution in [3.63, 3.8) is 0 Å². The maximum absolute atomic E-state index is 12.2. The number of aliphatic imine (C=N–C) groups is 1. The molecule has 160 valence electrons. The first-order chi connectivity index (χ1) is 12.9. The summed E-state index contributed by atoms with van der Waals surface area (Å²) in [7, 11) is -3.23. The Hall–Kier alpha value is -1.68. The summed E-state index contributed by atoms with van der Waals surface area (Å²) in [6, 6.07) is -0.205. The van der Waals surface area contributed by atoms with Gasteiger partial charge in [0.05, 0.1) is 35.4 Å². The van der Waals surface area contributed by atoms with E-state index in [9.17, 15) is 13.2 Å². The molecule has 2 N–H and O–H groups in total. The molecule has 0 aromatic carbocycles. The molecule has 0 aliphatic heterocycles. The molecule has 28 heavy (non-hydrogen) atoms. The standard InChI is InChI=1S/C18H32N4O4S2/c1-8-19-17(20-10-11-28(24,25)18(5,6)7)22-13(4)15-21-12(3)14(27-15)16(23)26-9-2/h13H,8-11H2,1-7H3,(H2,19,20,22). The number of hydrogen-bond donors (Lipinski definition) is 2. The molecule has 1 heterocycles. The molecular formula is C18H32N4O4S2. The van der Waals surface area contributed by atoms with E-state index >= 15 is 0 Å². The van der Waals surface area contributed by atoms with Crippen LogP contribution in [-0.2, 0) is 14.6 Å². The third kappa shape index (κ3) is 6.73. The van der Waals surface area contributed by atoms with Crippen molar-refractivity contribution < 1.29 is 17.9 Å². The van der Waals surface area contributed by atoms with E-state index in [0.717, 1.165) is 5.01 Å². The van der Waals surface area contributed by atoms with Crippen LogP contribution in [-0.4, -0.2) is 55.5 Å². The molecule has 0 radical (unpaired) electrons. The van der Waals surface area contributed by atoms with Gasteiger partial charge in [-0.05, 0) is 48.5 Å². The molecular weight excluding hydrogens is 400 g/mol. The minimum absolute atomic E-state index is 0.0230. The highest BCUT2D eigenvalue weighted by molar-refractivity contribution is 7.92. The number of nitrogens with zero attached hydrogens (tertiary/aromatic N) is 2. The van der Waals surface area contributed by atoms with Crippen LogP contribution in [0, 0.1) is 6.92 Å². The smallest absolute Gasteiger partial charge is 0.350 e. The van der Waals surface area contributed by atoms with E-state index in [-0.39, 0.29) is 24.3 Å². The highest BCUT2D eigenvalue weighted by atomic mass is 32.2. The van der Waals surface area contributed by atoms with Crippen LogP contribution in [0.1, 0.15) is 68.0 Å². The van der Waals surface area contributed by atoms with Gasteiger partial charge in [0.25, 0.3) is 0 Å². The van der Waals surface area contributed by atoms with Crippen LogP contribution in [0.25, 0.3) is 0 Å². The van der Waals surface area contributed by atoms with E-state index in [1.54, 1.807) is 34.6 Å². The molecule has 1 rings (SSSR count). The summed E-state index contributed by atoms with van der Waals surface area (Å²) in [6.45, 7) is 13.5. The van der Waals surface area contributed by atoms with E-state index < -0.39 is 14.6 Å². The summed E-state index contributed by atoms with van der Waals surface area (Å²) < 4.78 is 28.7. The number of ether oxygens (including phenoxy) is 1. The Morgan fingerprint density at radius 1 is 1.32 bits per heavy atom. The van der Waals surface area contributed by atoms with Crippen LogP contribution >= 0.6 is 11.3 Å². The van der Waals surface area contributed by atoms with Crippen LogP contribution in [0.5, 0.6) is 0 Å². The number of carbonyl (C=O) groups excluding carboxylic acids is 1. The van der Waals surface area contributed by atoms with E-state index in [0.29, 0.717) is 29.7 Å². The number of carbonyl (C=O) groups is 1. The van der Waals surface area contributed by atoms with Crippen molar-refractivity contribution in [2.45, 2.75) is 59.3 Å². The van der Waals surface area contributed by atoms with Gasteiger partial charge in [-0.2, -0.15) is 0 Å². The van der Waals surface area contributed by atoms with Gasteiger partial charge in [-0.15, -0.1) is 11.3 Å². The number of nitrogens with one attached hydrogen (secondary N) is 2. The number of aromatic nitrogens is 1. The average molecular weight is 433 g/mol. The molecule has 1 atom stereocenters. The lowest BCUT2D eigenvalue weighted by Crippen LogP contribution is -2.39. The van der Waals surface area contributed by atoms with Crippen LogP contribution < -0.4 is 10.6 Å². The van der Waals surface area contributed by atoms with E-state index in [4.69, 9.17) is 4.74 Å². The van der Waals surface area contributed by atoms with Crippen molar-refractivity contribution in [3.05, 3.63) is 15.6 Å². The number of hydrogen-bond acceptors (Lipinski definition) is 7. The number of esters is 1. The first-order valence-corrected chi connectivity index (χ1v) is 11.8. The Morgan fingerprint density at radius 2 is 1.96 bits per heavy atom. The summed E-state index contributed by atoms with van der Waals surface area (Å²) in [4.78, 5) is 21.3. The van der Waals surface area contributed by atoms with E-state index in [1.165, 1.54) is 11.3 Å². The zero-order chi connectivity index (χ0) is 21.5. The van der Waals surface area contributed by atoms with Crippen LogP contribution in [0.4, 0.5) is 0 Å². The summed E-state index contributed by atoms with van der Waals surface area (Å²) in [5, 5.41) is 7.04. The van der Waals surface area contributed by atoms with Crippen LogP contribution in [0.3, 0.4) is 0 Å². The molecule has 0 amide bonds. The molecule has 0 aliphatic rings. The zero-order valence-corrected chi connectivity index (χ0v) is 19.4. The number of thiazole rings is 1. The molecule has 0 spiro atoms. The van der Waals surface area contributed by atoms with Crippen molar-refractivity contribution in [1.82, 2.24) is 15.6 Å². The molecule has 10 heteroatoms. The summed E-state index contributed by atoms with van der Waals surface area (Å²) in [5.41, 5.74) is 0.630. The second-order valence-corrected chi connectivity index (χ2v) is 11.1. The molecule has 0 aliphatic carbocycles. The van der Waals surface area contributed by atoms with Gasteiger partial charge in [-0.25, -0.2) is 18.2 Å². The van der Waals surface area contributed by atoms with Gasteiger partial charge < -0.3 is 15.4 Å². The van der Waals surface area contributed by atoms with E-state index in [1.807, 2.05) is 13.8 Å². The Balaban J connectivity index is 2.86. The molecule has 0 saturated carbocycles. The van der Waals surface area contributed by atoms with Crippen molar-refractivity contribution >= 4 is 33.1 Å². The minimum atomic E-state index is -3.23. The van der Waals surface area contributed by atoms with Gasteiger partial charge in [0.2, 0.25) is 0 Å². The first-order valence-electron chi connectivity index (χ1n) is 9.34. The fourth-order valence-corrected chi connectivity index (χ4v) is 4.07. The van der Waals surface area contributed by atoms with Gasteiger partial charge in [-0.3, -0.25) is 4.99 Å². The fraction of sp³-hybridized carbons (Fsp3) is 0.722. The third-order valence-electron chi connectivity index (χ3n) is 3.90. The molecule has 1 aromatic rings. The van der Waals surface area contributed by atoms with Crippen molar-refractivity contribution in [3.8, 4) is 0 Å². The summed E-state index contributed by atoms with van der Waals surface area (Å²) in [5.74, 6) is 0.110. The number of sulfone groups is 1. The number of rotatable bonds is 8. The molecule has 8 nitrogen and oxygen atoms in total. The lowest BCUT2D eigenvalue weighted by molar-refractivity contribution is 0.0531. The fourth-order valence-electron chi connectivity index (χ4n) is 2.16. The van der Waals surface area contributed by atoms with E-state index in [2.05, 4.69) is 20.6 Å². The third-order valence-corrected chi connectivity index (χ3v) is 7.81. The Kier molecular flexibility index (Phi) is 8.87. The Morgan fingerprint density at radius 3 is 2.50 bits per heavy atom. The average Bonchev–Trinajstić information content (AvgIpc) is 2.96. The Labute approximate surface area is 172 Å². The molecule has 1 aromatic heterocycles. The zero-order valence-electron chi connectivity index (χ0n) is 17.7. The number of aryl methyl sites for hydroxylation is 1. The lowest BCUT2D eigenvalue weighted by Gasteiger charge is -2.19. The maximum Gasteiger partial charge on any atom is 0.350 e.